The third-order valence-electron chi connectivity index (χ3n) is 3.42. The summed E-state index contributed by atoms with van der Waals surface area (Å²) < 4.78 is 10.7. The molecule has 1 fully saturated rings. The Morgan fingerprint density at radius 2 is 2.17 bits per heavy atom. The molecule has 1 aliphatic rings. The summed E-state index contributed by atoms with van der Waals surface area (Å²) in [6.45, 7) is 1.79. The maximum absolute atomic E-state index is 5.47. The highest BCUT2D eigenvalue weighted by Gasteiger charge is 2.31. The van der Waals surface area contributed by atoms with Crippen molar-refractivity contribution < 1.29 is 9.47 Å². The molecular formula is C14H19BrO2S. The maximum Gasteiger partial charge on any atom is 0.119 e. The molecule has 1 aromatic carbocycles. The molecule has 0 amide bonds. The number of methoxy groups -OCH3 is 1. The number of alkyl halides is 1. The molecule has 0 unspecified atom stereocenters. The number of benzene rings is 1. The van der Waals surface area contributed by atoms with E-state index in [4.69, 9.17) is 9.47 Å². The minimum atomic E-state index is 0.381. The first-order chi connectivity index (χ1) is 8.78. The smallest absolute Gasteiger partial charge is 0.119 e. The van der Waals surface area contributed by atoms with Crippen molar-refractivity contribution in [2.45, 2.75) is 17.7 Å². The van der Waals surface area contributed by atoms with Crippen LogP contribution in [-0.4, -0.2) is 31.4 Å². The molecule has 0 bridgehead atoms. The largest absolute Gasteiger partial charge is 0.497 e. The van der Waals surface area contributed by atoms with Gasteiger partial charge in [0.1, 0.15) is 5.75 Å². The first-order valence-electron chi connectivity index (χ1n) is 6.19. The van der Waals surface area contributed by atoms with Crippen LogP contribution in [0.1, 0.15) is 12.8 Å². The van der Waals surface area contributed by atoms with Crippen LogP contribution in [0, 0.1) is 5.41 Å². The number of ether oxygens (including phenoxy) is 2. The summed E-state index contributed by atoms with van der Waals surface area (Å²) >= 11 is 5.59. The molecule has 18 heavy (non-hydrogen) atoms. The van der Waals surface area contributed by atoms with Crippen LogP contribution >= 0.6 is 27.7 Å². The van der Waals surface area contributed by atoms with E-state index in [2.05, 4.69) is 28.1 Å². The first kappa shape index (κ1) is 14.2. The molecule has 100 valence electrons. The van der Waals surface area contributed by atoms with Crippen LogP contribution in [0.25, 0.3) is 0 Å². The number of hydrogen-bond donors (Lipinski definition) is 0. The minimum Gasteiger partial charge on any atom is -0.497 e. The second kappa shape index (κ2) is 6.83. The van der Waals surface area contributed by atoms with Crippen molar-refractivity contribution in [3.05, 3.63) is 24.3 Å². The summed E-state index contributed by atoms with van der Waals surface area (Å²) in [6.07, 6.45) is 2.30. The van der Waals surface area contributed by atoms with Gasteiger partial charge in [0.25, 0.3) is 0 Å². The quantitative estimate of drug-likeness (QED) is 0.601. The molecule has 0 atom stereocenters. The van der Waals surface area contributed by atoms with Crippen LogP contribution in [-0.2, 0) is 4.74 Å². The van der Waals surface area contributed by atoms with Crippen molar-refractivity contribution in [2.24, 2.45) is 5.41 Å². The average Bonchev–Trinajstić information content (AvgIpc) is 2.46. The molecule has 0 spiro atoms. The Hall–Kier alpha value is -0.190. The molecule has 2 rings (SSSR count). The Balaban J connectivity index is 1.96. The van der Waals surface area contributed by atoms with Gasteiger partial charge in [-0.1, -0.05) is 22.0 Å². The summed E-state index contributed by atoms with van der Waals surface area (Å²) in [5.41, 5.74) is 0.381. The van der Waals surface area contributed by atoms with Crippen molar-refractivity contribution in [3.63, 3.8) is 0 Å². The van der Waals surface area contributed by atoms with Gasteiger partial charge in [-0.25, -0.2) is 0 Å². The third kappa shape index (κ3) is 3.65. The Labute approximate surface area is 122 Å². The van der Waals surface area contributed by atoms with Gasteiger partial charge in [0, 0.05) is 29.2 Å². The molecular weight excluding hydrogens is 312 g/mol. The van der Waals surface area contributed by atoms with Gasteiger partial charge in [-0.3, -0.25) is 0 Å². The van der Waals surface area contributed by atoms with E-state index in [9.17, 15) is 0 Å². The van der Waals surface area contributed by atoms with E-state index in [1.165, 1.54) is 4.90 Å². The van der Waals surface area contributed by atoms with Gasteiger partial charge in [0.15, 0.2) is 0 Å². The van der Waals surface area contributed by atoms with Gasteiger partial charge >= 0.3 is 0 Å². The van der Waals surface area contributed by atoms with Gasteiger partial charge in [0.2, 0.25) is 0 Å². The zero-order chi connectivity index (χ0) is 12.8. The lowest BCUT2D eigenvalue weighted by Gasteiger charge is -2.35. The molecule has 1 heterocycles. The Morgan fingerprint density at radius 3 is 2.83 bits per heavy atom. The number of hydrogen-bond acceptors (Lipinski definition) is 3. The van der Waals surface area contributed by atoms with Crippen molar-refractivity contribution in [3.8, 4) is 5.75 Å². The molecule has 0 N–H and O–H groups in total. The van der Waals surface area contributed by atoms with Gasteiger partial charge < -0.3 is 9.47 Å². The Bertz CT molecular complexity index is 378. The van der Waals surface area contributed by atoms with Crippen LogP contribution < -0.4 is 4.74 Å². The van der Waals surface area contributed by atoms with Crippen molar-refractivity contribution in [1.82, 2.24) is 0 Å². The van der Waals surface area contributed by atoms with Crippen LogP contribution in [0.4, 0.5) is 0 Å². The highest BCUT2D eigenvalue weighted by molar-refractivity contribution is 9.09. The lowest BCUT2D eigenvalue weighted by Crippen LogP contribution is -2.33. The summed E-state index contributed by atoms with van der Waals surface area (Å²) in [5.74, 6) is 2.06. The van der Waals surface area contributed by atoms with Crippen LogP contribution in [0.2, 0.25) is 0 Å². The highest BCUT2D eigenvalue weighted by Crippen LogP contribution is 2.38. The van der Waals surface area contributed by atoms with Crippen LogP contribution in [0.15, 0.2) is 29.2 Å². The zero-order valence-electron chi connectivity index (χ0n) is 10.7. The van der Waals surface area contributed by atoms with Gasteiger partial charge in [-0.2, -0.15) is 0 Å². The maximum atomic E-state index is 5.47. The molecule has 4 heteroatoms. The molecule has 2 nitrogen and oxygen atoms in total. The second-order valence-corrected chi connectivity index (χ2v) is 6.32. The fraction of sp³-hybridized carbons (Fsp3) is 0.571. The fourth-order valence-corrected chi connectivity index (χ4v) is 4.31. The molecule has 0 radical (unpaired) electrons. The highest BCUT2D eigenvalue weighted by atomic mass is 79.9. The van der Waals surface area contributed by atoms with E-state index in [0.29, 0.717) is 5.41 Å². The van der Waals surface area contributed by atoms with E-state index in [1.54, 1.807) is 7.11 Å². The SMILES string of the molecule is COc1cccc(SCC2(CBr)CCOCC2)c1. The number of rotatable bonds is 5. The predicted octanol–water partition coefficient (Wildman–Crippen LogP) is 3.98. The normalized spacial score (nSPS) is 18.6. The Kier molecular flexibility index (Phi) is 5.39. The first-order valence-corrected chi connectivity index (χ1v) is 8.29. The topological polar surface area (TPSA) is 18.5 Å². The minimum absolute atomic E-state index is 0.381. The molecule has 0 aliphatic carbocycles. The molecule has 1 aliphatic heterocycles. The zero-order valence-corrected chi connectivity index (χ0v) is 13.1. The van der Waals surface area contributed by atoms with Gasteiger partial charge in [0.05, 0.1) is 7.11 Å². The summed E-state index contributed by atoms with van der Waals surface area (Å²) in [4.78, 5) is 1.28. The lowest BCUT2D eigenvalue weighted by atomic mass is 9.85. The molecule has 1 saturated heterocycles. The van der Waals surface area contributed by atoms with Crippen molar-refractivity contribution in [1.29, 1.82) is 0 Å². The van der Waals surface area contributed by atoms with E-state index < -0.39 is 0 Å². The monoisotopic (exact) mass is 330 g/mol. The summed E-state index contributed by atoms with van der Waals surface area (Å²) in [5, 5.41) is 1.06. The lowest BCUT2D eigenvalue weighted by molar-refractivity contribution is 0.0374. The van der Waals surface area contributed by atoms with E-state index in [1.807, 2.05) is 23.9 Å². The van der Waals surface area contributed by atoms with Crippen LogP contribution in [0.3, 0.4) is 0 Å². The predicted molar refractivity (Wildman–Crippen MR) is 80.0 cm³/mol. The van der Waals surface area contributed by atoms with Crippen molar-refractivity contribution in [2.75, 3.05) is 31.4 Å². The molecule has 1 aromatic rings. The van der Waals surface area contributed by atoms with Gasteiger partial charge in [-0.15, -0.1) is 11.8 Å². The van der Waals surface area contributed by atoms with E-state index in [-0.39, 0.29) is 0 Å². The fourth-order valence-electron chi connectivity index (χ4n) is 2.05. The Morgan fingerprint density at radius 1 is 1.39 bits per heavy atom. The van der Waals surface area contributed by atoms with E-state index >= 15 is 0 Å². The second-order valence-electron chi connectivity index (χ2n) is 4.71. The average molecular weight is 331 g/mol. The summed E-state index contributed by atoms with van der Waals surface area (Å²) in [7, 11) is 1.71. The third-order valence-corrected chi connectivity index (χ3v) is 5.96. The van der Waals surface area contributed by atoms with Crippen molar-refractivity contribution >= 4 is 27.7 Å². The number of halogens is 1. The standard InChI is InChI=1S/C14H19BrO2S/c1-16-12-3-2-4-13(9-12)18-11-14(10-15)5-7-17-8-6-14/h2-4,9H,5-8,10-11H2,1H3. The summed E-state index contributed by atoms with van der Waals surface area (Å²) in [6, 6.07) is 8.28. The molecule has 0 aromatic heterocycles. The van der Waals surface area contributed by atoms with Crippen LogP contribution in [0.5, 0.6) is 5.75 Å². The van der Waals surface area contributed by atoms with E-state index in [0.717, 1.165) is 42.9 Å². The van der Waals surface area contributed by atoms with Gasteiger partial charge in [-0.05, 0) is 36.5 Å². The molecule has 0 saturated carbocycles. The number of thioether (sulfide) groups is 1.